The summed E-state index contributed by atoms with van der Waals surface area (Å²) in [6.45, 7) is 0.976. The molecule has 0 aromatic heterocycles. The van der Waals surface area contributed by atoms with Crippen molar-refractivity contribution >= 4 is 20.6 Å². The first kappa shape index (κ1) is 14.6. The molecule has 0 saturated carbocycles. The molecule has 1 aliphatic heterocycles. The van der Waals surface area contributed by atoms with Crippen molar-refractivity contribution in [2.45, 2.75) is 27.5 Å². The van der Waals surface area contributed by atoms with Gasteiger partial charge in [-0.2, -0.15) is 0 Å². The fourth-order valence-corrected chi connectivity index (χ4v) is 4.00. The van der Waals surface area contributed by atoms with Gasteiger partial charge >= 0.3 is 0 Å². The Morgan fingerprint density at radius 1 is 1.32 bits per heavy atom. The van der Waals surface area contributed by atoms with Crippen LogP contribution in [0.3, 0.4) is 0 Å². The molecule has 0 aliphatic carbocycles. The molecule has 1 aromatic carbocycles. The molecular weight excluding hydrogens is 286 g/mol. The molecule has 0 amide bonds. The molecule has 2 rings (SSSR count). The molecule has 106 valence electrons. The predicted molar refractivity (Wildman–Crippen MR) is 73.2 cm³/mol. The zero-order valence-electron chi connectivity index (χ0n) is 10.6. The van der Waals surface area contributed by atoms with Crippen molar-refractivity contribution in [1.82, 2.24) is 0 Å². The second kappa shape index (κ2) is 5.70. The maximum Gasteiger partial charge on any atom is 0.175 e. The maximum absolute atomic E-state index is 12.4. The van der Waals surface area contributed by atoms with Crippen LogP contribution in [0.1, 0.15) is 6.42 Å². The highest BCUT2D eigenvalue weighted by molar-refractivity contribution is 7.90. The van der Waals surface area contributed by atoms with E-state index in [-0.39, 0.29) is 16.2 Å². The van der Waals surface area contributed by atoms with Crippen molar-refractivity contribution in [1.29, 1.82) is 0 Å². The van der Waals surface area contributed by atoms with Crippen LogP contribution in [0.25, 0.3) is 0 Å². The molecule has 3 unspecified atom stereocenters. The number of hydrogen-bond donors (Lipinski definition) is 1. The van der Waals surface area contributed by atoms with E-state index in [2.05, 4.69) is 0 Å². The first-order valence-electron chi connectivity index (χ1n) is 5.93. The second-order valence-corrected chi connectivity index (χ2v) is 8.29. The molecule has 3 atom stereocenters. The van der Waals surface area contributed by atoms with Crippen LogP contribution in [-0.4, -0.2) is 43.4 Å². The van der Waals surface area contributed by atoms with E-state index in [4.69, 9.17) is 10.5 Å². The minimum Gasteiger partial charge on any atom is -0.380 e. The van der Waals surface area contributed by atoms with E-state index in [1.807, 2.05) is 0 Å². The molecule has 5 nitrogen and oxygen atoms in total. The van der Waals surface area contributed by atoms with Crippen LogP contribution in [0.2, 0.25) is 0 Å². The quantitative estimate of drug-likeness (QED) is 0.868. The fraction of sp³-hybridized carbons (Fsp3) is 0.500. The van der Waals surface area contributed by atoms with E-state index in [9.17, 15) is 12.6 Å². The largest absolute Gasteiger partial charge is 0.380 e. The Balaban J connectivity index is 2.20. The third-order valence-corrected chi connectivity index (χ3v) is 6.02. The average molecular weight is 303 g/mol. The van der Waals surface area contributed by atoms with Gasteiger partial charge in [-0.1, -0.05) is 0 Å². The summed E-state index contributed by atoms with van der Waals surface area (Å²) >= 11 is 0. The van der Waals surface area contributed by atoms with Crippen molar-refractivity contribution in [3.63, 3.8) is 0 Å². The molecule has 1 aliphatic rings. The van der Waals surface area contributed by atoms with Gasteiger partial charge < -0.3 is 10.5 Å². The lowest BCUT2D eigenvalue weighted by atomic mass is 10.1. The van der Waals surface area contributed by atoms with Crippen molar-refractivity contribution in [2.75, 3.05) is 19.5 Å². The Kier molecular flexibility index (Phi) is 4.39. The molecule has 0 spiro atoms. The Hall–Kier alpha value is -0.760. The third-order valence-electron chi connectivity index (χ3n) is 3.11. The van der Waals surface area contributed by atoms with Gasteiger partial charge in [0.05, 0.1) is 27.6 Å². The summed E-state index contributed by atoms with van der Waals surface area (Å²) in [7, 11) is -4.51. The van der Waals surface area contributed by atoms with Crippen molar-refractivity contribution in [2.24, 2.45) is 5.73 Å². The lowest BCUT2D eigenvalue weighted by molar-refractivity contribution is 0.0904. The summed E-state index contributed by atoms with van der Waals surface area (Å²) in [5.74, 6) is 0. The minimum absolute atomic E-state index is 0.149. The molecule has 2 N–H and O–H groups in total. The zero-order valence-corrected chi connectivity index (χ0v) is 12.2. The smallest absolute Gasteiger partial charge is 0.175 e. The lowest BCUT2D eigenvalue weighted by Gasteiger charge is -2.27. The van der Waals surface area contributed by atoms with Crippen LogP contribution in [0.5, 0.6) is 0 Å². The van der Waals surface area contributed by atoms with Crippen LogP contribution in [0.4, 0.5) is 0 Å². The Morgan fingerprint density at radius 3 is 2.47 bits per heavy atom. The summed E-state index contributed by atoms with van der Waals surface area (Å²) in [5, 5.41) is -0.238. The number of nitrogens with two attached hydrogens (primary N) is 1. The highest BCUT2D eigenvalue weighted by Crippen LogP contribution is 2.20. The highest BCUT2D eigenvalue weighted by Gasteiger charge is 2.28. The lowest BCUT2D eigenvalue weighted by Crippen LogP contribution is -2.45. The van der Waals surface area contributed by atoms with Gasteiger partial charge in [-0.3, -0.25) is 4.21 Å². The van der Waals surface area contributed by atoms with E-state index in [1.165, 1.54) is 12.1 Å². The molecule has 0 bridgehead atoms. The first-order valence-corrected chi connectivity index (χ1v) is 9.04. The molecule has 7 heteroatoms. The molecule has 0 radical (unpaired) electrons. The summed E-state index contributed by atoms with van der Waals surface area (Å²) in [4.78, 5) is 0.802. The molecule has 1 fully saturated rings. The van der Waals surface area contributed by atoms with E-state index >= 15 is 0 Å². The van der Waals surface area contributed by atoms with Gasteiger partial charge in [0.2, 0.25) is 0 Å². The zero-order chi connectivity index (χ0) is 14.0. The van der Waals surface area contributed by atoms with Gasteiger partial charge in [0.15, 0.2) is 9.84 Å². The van der Waals surface area contributed by atoms with Crippen molar-refractivity contribution in [3.8, 4) is 0 Å². The average Bonchev–Trinajstić information content (AvgIpc) is 2.38. The summed E-state index contributed by atoms with van der Waals surface area (Å²) in [5.41, 5.74) is 5.95. The van der Waals surface area contributed by atoms with Crippen LogP contribution in [0.15, 0.2) is 34.1 Å². The second-order valence-electron chi connectivity index (χ2n) is 4.61. The monoisotopic (exact) mass is 303 g/mol. The maximum atomic E-state index is 12.4. The summed E-state index contributed by atoms with van der Waals surface area (Å²) < 4.78 is 40.4. The number of benzene rings is 1. The van der Waals surface area contributed by atoms with Crippen molar-refractivity contribution < 1.29 is 17.4 Å². The molecule has 1 aromatic rings. The highest BCUT2D eigenvalue weighted by atomic mass is 32.2. The van der Waals surface area contributed by atoms with Gasteiger partial charge in [-0.05, 0) is 30.7 Å². The number of hydrogen-bond acceptors (Lipinski definition) is 5. The van der Waals surface area contributed by atoms with Gasteiger partial charge in [0.25, 0.3) is 0 Å². The van der Waals surface area contributed by atoms with Crippen LogP contribution >= 0.6 is 0 Å². The Bertz CT molecular complexity index is 568. The normalized spacial score (nSPS) is 26.0. The minimum atomic E-state index is -3.23. The molecular formula is C12H17NO4S2. The number of ether oxygens (including phenoxy) is 1. The summed E-state index contributed by atoms with van der Waals surface area (Å²) in [6.07, 6.45) is 1.84. The Morgan fingerprint density at radius 2 is 1.95 bits per heavy atom. The third kappa shape index (κ3) is 3.42. The first-order chi connectivity index (χ1) is 8.89. The van der Waals surface area contributed by atoms with E-state index in [0.29, 0.717) is 24.5 Å². The SMILES string of the molecule is CS(=O)(=O)c1ccc(S(=O)C2COCCC2N)cc1. The fourth-order valence-electron chi connectivity index (χ4n) is 1.94. The van der Waals surface area contributed by atoms with E-state index < -0.39 is 20.6 Å². The van der Waals surface area contributed by atoms with Crippen LogP contribution < -0.4 is 5.73 Å². The number of rotatable bonds is 3. The Labute approximate surface area is 115 Å². The molecule has 1 heterocycles. The van der Waals surface area contributed by atoms with Crippen LogP contribution in [-0.2, 0) is 25.4 Å². The molecule has 1 saturated heterocycles. The summed E-state index contributed by atoms with van der Waals surface area (Å²) in [6, 6.07) is 5.95. The predicted octanol–water partition coefficient (Wildman–Crippen LogP) is 0.314. The van der Waals surface area contributed by atoms with E-state index in [1.54, 1.807) is 12.1 Å². The van der Waals surface area contributed by atoms with Gasteiger partial charge in [0.1, 0.15) is 0 Å². The molecule has 19 heavy (non-hydrogen) atoms. The topological polar surface area (TPSA) is 86.5 Å². The standard InChI is InChI=1S/C12H17NO4S2/c1-19(15,16)10-4-2-9(3-5-10)18(14)12-8-17-7-6-11(12)13/h2-5,11-12H,6-8,13H2,1H3. The number of sulfone groups is 1. The van der Waals surface area contributed by atoms with Gasteiger partial charge in [0, 0.05) is 23.8 Å². The van der Waals surface area contributed by atoms with Crippen molar-refractivity contribution in [3.05, 3.63) is 24.3 Å². The van der Waals surface area contributed by atoms with Gasteiger partial charge in [-0.25, -0.2) is 8.42 Å². The van der Waals surface area contributed by atoms with Gasteiger partial charge in [-0.15, -0.1) is 0 Å². The van der Waals surface area contributed by atoms with E-state index in [0.717, 1.165) is 6.26 Å². The van der Waals surface area contributed by atoms with Crippen LogP contribution in [0, 0.1) is 0 Å².